The van der Waals surface area contributed by atoms with Gasteiger partial charge in [0.15, 0.2) is 11.5 Å². The molecule has 0 spiro atoms. The second-order valence-electron chi connectivity index (χ2n) is 6.18. The van der Waals surface area contributed by atoms with Crippen LogP contribution in [-0.4, -0.2) is 25.2 Å². The lowest BCUT2D eigenvalue weighted by atomic mass is 10.1. The zero-order chi connectivity index (χ0) is 17.6. The van der Waals surface area contributed by atoms with Crippen molar-refractivity contribution < 1.29 is 19.0 Å². The molecule has 0 bridgehead atoms. The van der Waals surface area contributed by atoms with Gasteiger partial charge >= 0.3 is 0 Å². The minimum atomic E-state index is -0.164. The van der Waals surface area contributed by atoms with E-state index in [1.165, 1.54) is 0 Å². The van der Waals surface area contributed by atoms with Crippen molar-refractivity contribution >= 4 is 5.91 Å². The van der Waals surface area contributed by atoms with Gasteiger partial charge in [0.2, 0.25) is 0 Å². The molecule has 1 aliphatic rings. The molecule has 132 valence electrons. The molecule has 25 heavy (non-hydrogen) atoms. The van der Waals surface area contributed by atoms with Gasteiger partial charge in [-0.25, -0.2) is 0 Å². The lowest BCUT2D eigenvalue weighted by molar-refractivity contribution is 0.0945. The van der Waals surface area contributed by atoms with Crippen molar-refractivity contribution in [2.45, 2.75) is 32.9 Å². The number of benzene rings is 2. The van der Waals surface area contributed by atoms with E-state index in [0.717, 1.165) is 23.5 Å². The molecule has 3 rings (SSSR count). The molecule has 0 radical (unpaired) electrons. The summed E-state index contributed by atoms with van der Waals surface area (Å²) in [5.74, 6) is 1.91. The summed E-state index contributed by atoms with van der Waals surface area (Å²) in [5, 5.41) is 2.94. The third kappa shape index (κ3) is 4.44. The second-order valence-corrected chi connectivity index (χ2v) is 6.18. The van der Waals surface area contributed by atoms with E-state index in [-0.39, 0.29) is 12.0 Å². The fraction of sp³-hybridized carbons (Fsp3) is 0.350. The standard InChI is InChI=1S/C20H23NO4/c1-14(2)25-17-7-4-3-6-16(17)20(22)21-13-15-8-9-18-19(12-15)24-11-5-10-23-18/h3-4,6-9,12,14H,5,10-11,13H2,1-2H3,(H,21,22). The highest BCUT2D eigenvalue weighted by molar-refractivity contribution is 5.96. The molecule has 0 saturated heterocycles. The van der Waals surface area contributed by atoms with Crippen LogP contribution in [0.25, 0.3) is 0 Å². The molecule has 0 aromatic heterocycles. The van der Waals surface area contributed by atoms with Gasteiger partial charge in [-0.1, -0.05) is 18.2 Å². The minimum absolute atomic E-state index is 0.00989. The quantitative estimate of drug-likeness (QED) is 0.903. The average molecular weight is 341 g/mol. The fourth-order valence-electron chi connectivity index (χ4n) is 2.61. The summed E-state index contributed by atoms with van der Waals surface area (Å²) < 4.78 is 17.0. The molecular formula is C20H23NO4. The topological polar surface area (TPSA) is 56.8 Å². The first kappa shape index (κ1) is 17.1. The number of ether oxygens (including phenoxy) is 3. The summed E-state index contributed by atoms with van der Waals surface area (Å²) in [6.45, 7) is 5.59. The number of hydrogen-bond acceptors (Lipinski definition) is 4. The molecule has 0 fully saturated rings. The smallest absolute Gasteiger partial charge is 0.255 e. The van der Waals surface area contributed by atoms with Crippen LogP contribution in [0.2, 0.25) is 0 Å². The van der Waals surface area contributed by atoms with E-state index in [1.807, 2.05) is 50.2 Å². The highest BCUT2D eigenvalue weighted by Crippen LogP contribution is 2.30. The summed E-state index contributed by atoms with van der Waals surface area (Å²) in [6.07, 6.45) is 0.878. The van der Waals surface area contributed by atoms with Crippen LogP contribution in [0.15, 0.2) is 42.5 Å². The lowest BCUT2D eigenvalue weighted by Gasteiger charge is -2.14. The van der Waals surface area contributed by atoms with Crippen molar-refractivity contribution in [1.82, 2.24) is 5.32 Å². The fourth-order valence-corrected chi connectivity index (χ4v) is 2.61. The van der Waals surface area contributed by atoms with Gasteiger partial charge in [-0.2, -0.15) is 0 Å². The van der Waals surface area contributed by atoms with Gasteiger partial charge in [0.25, 0.3) is 5.91 Å². The van der Waals surface area contributed by atoms with E-state index in [4.69, 9.17) is 14.2 Å². The molecule has 1 amide bonds. The molecular weight excluding hydrogens is 318 g/mol. The maximum Gasteiger partial charge on any atom is 0.255 e. The van der Waals surface area contributed by atoms with Crippen LogP contribution >= 0.6 is 0 Å². The Morgan fingerprint density at radius 2 is 1.88 bits per heavy atom. The minimum Gasteiger partial charge on any atom is -0.490 e. The lowest BCUT2D eigenvalue weighted by Crippen LogP contribution is -2.24. The highest BCUT2D eigenvalue weighted by atomic mass is 16.5. The molecule has 5 nitrogen and oxygen atoms in total. The van der Waals surface area contributed by atoms with E-state index in [9.17, 15) is 4.79 Å². The van der Waals surface area contributed by atoms with Gasteiger partial charge in [0.05, 0.1) is 24.9 Å². The maximum absolute atomic E-state index is 12.5. The largest absolute Gasteiger partial charge is 0.490 e. The van der Waals surface area contributed by atoms with Crippen LogP contribution in [0.1, 0.15) is 36.2 Å². The molecule has 5 heteroatoms. The number of fused-ring (bicyclic) bond motifs is 1. The number of rotatable bonds is 5. The molecule has 0 unspecified atom stereocenters. The monoisotopic (exact) mass is 341 g/mol. The van der Waals surface area contributed by atoms with Crippen molar-refractivity contribution in [3.63, 3.8) is 0 Å². The first-order chi connectivity index (χ1) is 12.1. The second kappa shape index (κ2) is 7.92. The predicted molar refractivity (Wildman–Crippen MR) is 95.4 cm³/mol. The normalized spacial score (nSPS) is 13.2. The van der Waals surface area contributed by atoms with Crippen molar-refractivity contribution in [1.29, 1.82) is 0 Å². The summed E-state index contributed by atoms with van der Waals surface area (Å²) in [5.41, 5.74) is 1.49. The van der Waals surface area contributed by atoms with Crippen LogP contribution in [0.4, 0.5) is 0 Å². The van der Waals surface area contributed by atoms with E-state index in [0.29, 0.717) is 31.1 Å². The summed E-state index contributed by atoms with van der Waals surface area (Å²) >= 11 is 0. The molecule has 1 heterocycles. The van der Waals surface area contributed by atoms with Gasteiger partial charge in [-0.3, -0.25) is 4.79 Å². The first-order valence-corrected chi connectivity index (χ1v) is 8.56. The van der Waals surface area contributed by atoms with Crippen LogP contribution in [0, 0.1) is 0 Å². The first-order valence-electron chi connectivity index (χ1n) is 8.56. The van der Waals surface area contributed by atoms with Crippen LogP contribution in [0.3, 0.4) is 0 Å². The van der Waals surface area contributed by atoms with E-state index >= 15 is 0 Å². The Balaban J connectivity index is 1.68. The highest BCUT2D eigenvalue weighted by Gasteiger charge is 2.14. The van der Waals surface area contributed by atoms with Crippen molar-refractivity contribution in [2.24, 2.45) is 0 Å². The molecule has 2 aromatic rings. The van der Waals surface area contributed by atoms with Gasteiger partial charge in [-0.05, 0) is 43.7 Å². The Kier molecular flexibility index (Phi) is 5.43. The summed E-state index contributed by atoms with van der Waals surface area (Å²) in [7, 11) is 0. The summed E-state index contributed by atoms with van der Waals surface area (Å²) in [4.78, 5) is 12.5. The third-order valence-electron chi connectivity index (χ3n) is 3.76. The van der Waals surface area contributed by atoms with E-state index < -0.39 is 0 Å². The molecule has 1 aliphatic heterocycles. The number of nitrogens with one attached hydrogen (secondary N) is 1. The number of carbonyl (C=O) groups is 1. The maximum atomic E-state index is 12.5. The van der Waals surface area contributed by atoms with Gasteiger partial charge in [0, 0.05) is 13.0 Å². The van der Waals surface area contributed by atoms with Crippen LogP contribution in [0.5, 0.6) is 17.2 Å². The molecule has 1 N–H and O–H groups in total. The average Bonchev–Trinajstić information content (AvgIpc) is 2.84. The molecule has 2 aromatic carbocycles. The predicted octanol–water partition coefficient (Wildman–Crippen LogP) is 3.57. The Morgan fingerprint density at radius 1 is 1.12 bits per heavy atom. The number of para-hydroxylation sites is 1. The van der Waals surface area contributed by atoms with E-state index in [1.54, 1.807) is 6.07 Å². The third-order valence-corrected chi connectivity index (χ3v) is 3.76. The Labute approximate surface area is 147 Å². The van der Waals surface area contributed by atoms with Crippen molar-refractivity contribution in [3.8, 4) is 17.2 Å². The van der Waals surface area contributed by atoms with Crippen LogP contribution in [-0.2, 0) is 6.54 Å². The number of amides is 1. The van der Waals surface area contributed by atoms with Gasteiger partial charge < -0.3 is 19.5 Å². The Morgan fingerprint density at radius 3 is 2.68 bits per heavy atom. The zero-order valence-electron chi connectivity index (χ0n) is 14.6. The SMILES string of the molecule is CC(C)Oc1ccccc1C(=O)NCc1ccc2c(c1)OCCCO2. The zero-order valence-corrected chi connectivity index (χ0v) is 14.6. The molecule has 0 saturated carbocycles. The molecule has 0 aliphatic carbocycles. The van der Waals surface area contributed by atoms with Gasteiger partial charge in [-0.15, -0.1) is 0 Å². The van der Waals surface area contributed by atoms with Crippen molar-refractivity contribution in [3.05, 3.63) is 53.6 Å². The number of hydrogen-bond donors (Lipinski definition) is 1. The van der Waals surface area contributed by atoms with E-state index in [2.05, 4.69) is 5.32 Å². The molecule has 0 atom stereocenters. The van der Waals surface area contributed by atoms with Crippen LogP contribution < -0.4 is 19.5 Å². The van der Waals surface area contributed by atoms with Gasteiger partial charge in [0.1, 0.15) is 5.75 Å². The van der Waals surface area contributed by atoms with Crippen molar-refractivity contribution in [2.75, 3.05) is 13.2 Å². The Hall–Kier alpha value is -2.69. The number of carbonyl (C=O) groups excluding carboxylic acids is 1. The Bertz CT molecular complexity index is 742. The summed E-state index contributed by atoms with van der Waals surface area (Å²) in [6, 6.07) is 13.0.